The number of halogens is 2. The highest BCUT2D eigenvalue weighted by molar-refractivity contribution is 6.42. The highest BCUT2D eigenvalue weighted by atomic mass is 35.5. The van der Waals surface area contributed by atoms with Crippen molar-refractivity contribution >= 4 is 39.9 Å². The normalized spacial score (nSPS) is 18.2. The molecule has 0 radical (unpaired) electrons. The standard InChI is InChI=1S/C30H35Cl2N3O2/c1-37-24-3-5-29-25(19-24)26(20-33-29)22-9-15-35(16-10-22)14-8-21-6-12-34(13-7-21)17-11-30(36)23-2-4-27(31)28(32)18-23/h2-5,11,17-22,33H,6-10,12-16H2,1H3/b17-11+. The number of ketones is 1. The summed E-state index contributed by atoms with van der Waals surface area (Å²) in [7, 11) is 1.73. The fourth-order valence-electron chi connectivity index (χ4n) is 5.73. The van der Waals surface area contributed by atoms with Crippen molar-refractivity contribution in [2.24, 2.45) is 5.92 Å². The van der Waals surface area contributed by atoms with E-state index < -0.39 is 0 Å². The minimum absolute atomic E-state index is 0.0455. The number of nitrogens with zero attached hydrogens (tertiary/aromatic N) is 2. The molecule has 2 saturated heterocycles. The third kappa shape index (κ3) is 6.34. The lowest BCUT2D eigenvalue weighted by atomic mass is 9.88. The quantitative estimate of drug-likeness (QED) is 0.243. The Bertz CT molecular complexity index is 1250. The van der Waals surface area contributed by atoms with Gasteiger partial charge < -0.3 is 19.5 Å². The number of hydrogen-bond donors (Lipinski definition) is 1. The highest BCUT2D eigenvalue weighted by Crippen LogP contribution is 2.35. The van der Waals surface area contributed by atoms with Crippen molar-refractivity contribution in [3.63, 3.8) is 0 Å². The maximum Gasteiger partial charge on any atom is 0.187 e. The minimum atomic E-state index is -0.0455. The van der Waals surface area contributed by atoms with Crippen LogP contribution in [-0.2, 0) is 0 Å². The first-order valence-electron chi connectivity index (χ1n) is 13.3. The lowest BCUT2D eigenvalue weighted by Crippen LogP contribution is -2.36. The number of carbonyl (C=O) groups excluding carboxylic acids is 1. The molecular weight excluding hydrogens is 505 g/mol. The zero-order chi connectivity index (χ0) is 25.8. The summed E-state index contributed by atoms with van der Waals surface area (Å²) in [6, 6.07) is 11.3. The number of hydrogen-bond acceptors (Lipinski definition) is 4. The Kier molecular flexibility index (Phi) is 8.43. The lowest BCUT2D eigenvalue weighted by molar-refractivity contribution is 0.104. The number of likely N-dealkylation sites (tertiary alicyclic amines) is 2. The van der Waals surface area contributed by atoms with Crippen molar-refractivity contribution in [3.8, 4) is 5.75 Å². The number of ether oxygens (including phenoxy) is 1. The van der Waals surface area contributed by atoms with E-state index in [1.807, 2.05) is 12.3 Å². The number of nitrogens with one attached hydrogen (secondary N) is 1. The van der Waals surface area contributed by atoms with Crippen LogP contribution in [0.4, 0.5) is 0 Å². The van der Waals surface area contributed by atoms with Gasteiger partial charge in [-0.2, -0.15) is 0 Å². The first kappa shape index (κ1) is 26.1. The molecule has 0 amide bonds. The molecule has 5 nitrogen and oxygen atoms in total. The van der Waals surface area contributed by atoms with Gasteiger partial charge in [-0.25, -0.2) is 0 Å². The molecular formula is C30H35Cl2N3O2. The van der Waals surface area contributed by atoms with E-state index in [9.17, 15) is 4.79 Å². The van der Waals surface area contributed by atoms with Crippen LogP contribution in [0.5, 0.6) is 5.75 Å². The van der Waals surface area contributed by atoms with Gasteiger partial charge in [-0.05, 0) is 106 Å². The van der Waals surface area contributed by atoms with Crippen LogP contribution in [-0.4, -0.2) is 60.4 Å². The van der Waals surface area contributed by atoms with Gasteiger partial charge >= 0.3 is 0 Å². The Morgan fingerprint density at radius 3 is 2.54 bits per heavy atom. The number of piperidine rings is 2. The second kappa shape index (κ2) is 11.9. The third-order valence-corrected chi connectivity index (χ3v) is 8.83. The molecule has 0 aliphatic carbocycles. The maximum atomic E-state index is 12.5. The van der Waals surface area contributed by atoms with Crippen LogP contribution >= 0.6 is 23.2 Å². The Hall–Kier alpha value is -2.47. The SMILES string of the molecule is COc1ccc2[nH]cc(C3CCN(CCC4CCN(/C=C/C(=O)c5ccc(Cl)c(Cl)c5)CC4)CC3)c2c1. The third-order valence-electron chi connectivity index (χ3n) is 8.09. The van der Waals surface area contributed by atoms with Crippen LogP contribution in [0.1, 0.15) is 53.9 Å². The fourth-order valence-corrected chi connectivity index (χ4v) is 6.03. The van der Waals surface area contributed by atoms with Crippen molar-refractivity contribution in [1.29, 1.82) is 0 Å². The topological polar surface area (TPSA) is 48.6 Å². The molecule has 2 fully saturated rings. The molecule has 0 saturated carbocycles. The number of carbonyl (C=O) groups is 1. The number of H-pyrrole nitrogens is 1. The first-order valence-corrected chi connectivity index (χ1v) is 14.0. The average molecular weight is 541 g/mol. The predicted molar refractivity (Wildman–Crippen MR) is 152 cm³/mol. The van der Waals surface area contributed by atoms with Gasteiger partial charge in [0.15, 0.2) is 5.78 Å². The van der Waals surface area contributed by atoms with E-state index in [2.05, 4.69) is 33.1 Å². The molecule has 0 atom stereocenters. The highest BCUT2D eigenvalue weighted by Gasteiger charge is 2.24. The number of rotatable bonds is 8. The van der Waals surface area contributed by atoms with E-state index in [0.29, 0.717) is 21.5 Å². The predicted octanol–water partition coefficient (Wildman–Crippen LogP) is 7.16. The van der Waals surface area contributed by atoms with Gasteiger partial charge in [-0.1, -0.05) is 23.2 Å². The number of aromatic nitrogens is 1. The second-order valence-corrected chi connectivity index (χ2v) is 11.2. The van der Waals surface area contributed by atoms with Gasteiger partial charge in [0, 0.05) is 48.0 Å². The Balaban J connectivity index is 1.04. The van der Waals surface area contributed by atoms with Gasteiger partial charge in [0.1, 0.15) is 5.75 Å². The average Bonchev–Trinajstić information content (AvgIpc) is 3.36. The van der Waals surface area contributed by atoms with Gasteiger partial charge in [0.25, 0.3) is 0 Å². The molecule has 1 aromatic heterocycles. The molecule has 0 spiro atoms. The van der Waals surface area contributed by atoms with E-state index in [-0.39, 0.29) is 5.78 Å². The fraction of sp³-hybridized carbons (Fsp3) is 0.433. The summed E-state index contributed by atoms with van der Waals surface area (Å²) in [4.78, 5) is 20.8. The summed E-state index contributed by atoms with van der Waals surface area (Å²) in [5.41, 5.74) is 3.19. The van der Waals surface area contributed by atoms with Crippen molar-refractivity contribution in [2.75, 3.05) is 39.8 Å². The Morgan fingerprint density at radius 2 is 1.81 bits per heavy atom. The molecule has 3 aromatic rings. The van der Waals surface area contributed by atoms with Gasteiger partial charge in [-0.15, -0.1) is 0 Å². The molecule has 3 heterocycles. The summed E-state index contributed by atoms with van der Waals surface area (Å²) in [5.74, 6) is 2.24. The molecule has 2 aliphatic rings. The van der Waals surface area contributed by atoms with Crippen LogP contribution in [0.2, 0.25) is 10.0 Å². The monoisotopic (exact) mass is 539 g/mol. The van der Waals surface area contributed by atoms with Crippen molar-refractivity contribution in [2.45, 2.75) is 38.0 Å². The van der Waals surface area contributed by atoms with Crippen LogP contribution < -0.4 is 4.74 Å². The first-order chi connectivity index (χ1) is 18.0. The molecule has 1 N–H and O–H groups in total. The van der Waals surface area contributed by atoms with Crippen LogP contribution in [0.3, 0.4) is 0 Å². The minimum Gasteiger partial charge on any atom is -0.497 e. The Morgan fingerprint density at radius 1 is 1.03 bits per heavy atom. The van der Waals surface area contributed by atoms with E-state index >= 15 is 0 Å². The van der Waals surface area contributed by atoms with Crippen LogP contribution in [0.15, 0.2) is 54.9 Å². The summed E-state index contributed by atoms with van der Waals surface area (Å²) < 4.78 is 5.44. The molecule has 5 rings (SSSR count). The van der Waals surface area contributed by atoms with Crippen molar-refractivity contribution in [3.05, 3.63) is 76.0 Å². The van der Waals surface area contributed by atoms with E-state index in [1.54, 1.807) is 31.4 Å². The number of allylic oxidation sites excluding steroid dienone is 1. The van der Waals surface area contributed by atoms with Gasteiger partial charge in [0.05, 0.1) is 17.2 Å². The largest absolute Gasteiger partial charge is 0.497 e. The summed E-state index contributed by atoms with van der Waals surface area (Å²) in [6.07, 6.45) is 11.8. The molecule has 0 unspecified atom stereocenters. The molecule has 7 heteroatoms. The maximum absolute atomic E-state index is 12.5. The number of benzene rings is 2. The summed E-state index contributed by atoms with van der Waals surface area (Å²) in [5, 5.41) is 2.17. The molecule has 196 valence electrons. The smallest absolute Gasteiger partial charge is 0.187 e. The second-order valence-electron chi connectivity index (χ2n) is 10.3. The van der Waals surface area contributed by atoms with E-state index in [4.69, 9.17) is 27.9 Å². The van der Waals surface area contributed by atoms with E-state index in [0.717, 1.165) is 24.8 Å². The number of methoxy groups -OCH3 is 1. The van der Waals surface area contributed by atoms with Crippen LogP contribution in [0, 0.1) is 5.92 Å². The molecule has 2 aromatic carbocycles. The molecule has 0 bridgehead atoms. The summed E-state index contributed by atoms with van der Waals surface area (Å²) in [6.45, 7) is 5.52. The lowest BCUT2D eigenvalue weighted by Gasteiger charge is -2.35. The van der Waals surface area contributed by atoms with Gasteiger partial charge in [-0.3, -0.25) is 4.79 Å². The van der Waals surface area contributed by atoms with Crippen molar-refractivity contribution in [1.82, 2.24) is 14.8 Å². The zero-order valence-corrected chi connectivity index (χ0v) is 22.9. The number of aromatic amines is 1. The molecule has 2 aliphatic heterocycles. The molecule has 37 heavy (non-hydrogen) atoms. The zero-order valence-electron chi connectivity index (χ0n) is 21.4. The number of fused-ring (bicyclic) bond motifs is 1. The van der Waals surface area contributed by atoms with E-state index in [1.165, 1.54) is 68.2 Å². The van der Waals surface area contributed by atoms with Gasteiger partial charge in [0.2, 0.25) is 0 Å². The van der Waals surface area contributed by atoms with Crippen molar-refractivity contribution < 1.29 is 9.53 Å². The van der Waals surface area contributed by atoms with Crippen LogP contribution in [0.25, 0.3) is 10.9 Å². The summed E-state index contributed by atoms with van der Waals surface area (Å²) >= 11 is 12.0. The Labute approximate surface area is 229 Å².